The van der Waals surface area contributed by atoms with Crippen LogP contribution in [0.3, 0.4) is 0 Å². The molecule has 32 heavy (non-hydrogen) atoms. The Labute approximate surface area is 180 Å². The van der Waals surface area contributed by atoms with Gasteiger partial charge >= 0.3 is 12.4 Å². The topological polar surface area (TPSA) is 74.8 Å². The maximum Gasteiger partial charge on any atom is 0.416 e. The Morgan fingerprint density at radius 2 is 0.906 bits per heavy atom. The van der Waals surface area contributed by atoms with Crippen LogP contribution in [0.4, 0.5) is 26.3 Å². The zero-order valence-electron chi connectivity index (χ0n) is 16.1. The van der Waals surface area contributed by atoms with Gasteiger partial charge in [0.15, 0.2) is 0 Å². The lowest BCUT2D eigenvalue weighted by Crippen LogP contribution is -2.50. The van der Waals surface area contributed by atoms with E-state index in [4.69, 9.17) is 0 Å². The van der Waals surface area contributed by atoms with Gasteiger partial charge in [-0.25, -0.2) is 16.8 Å². The molecule has 0 bridgehead atoms. The van der Waals surface area contributed by atoms with E-state index in [0.717, 1.165) is 45.0 Å². The molecule has 0 saturated carbocycles. The molecule has 1 aliphatic heterocycles. The fourth-order valence-electron chi connectivity index (χ4n) is 3.11. The minimum Gasteiger partial charge on any atom is -0.207 e. The number of alkyl halides is 6. The highest BCUT2D eigenvalue weighted by Crippen LogP contribution is 2.33. The molecule has 14 heteroatoms. The predicted octanol–water partition coefficient (Wildman–Crippen LogP) is 3.42. The third-order valence-corrected chi connectivity index (χ3v) is 8.59. The van der Waals surface area contributed by atoms with Crippen LogP contribution in [-0.2, 0) is 32.4 Å². The highest BCUT2D eigenvalue weighted by atomic mass is 32.2. The van der Waals surface area contributed by atoms with E-state index in [-0.39, 0.29) is 26.2 Å². The molecule has 0 amide bonds. The SMILES string of the molecule is O=S(=O)(c1cccc(C(F)(F)F)c1)N1CCN(S(=O)(=O)c2cccc(C(F)(F)F)c2)CC1. The Bertz CT molecular complexity index is 1110. The second-order valence-electron chi connectivity index (χ2n) is 6.86. The van der Waals surface area contributed by atoms with E-state index in [9.17, 15) is 43.2 Å². The second kappa shape index (κ2) is 8.32. The highest BCUT2D eigenvalue weighted by Gasteiger charge is 2.37. The van der Waals surface area contributed by atoms with E-state index in [1.807, 2.05) is 0 Å². The van der Waals surface area contributed by atoms with Crippen molar-refractivity contribution in [2.75, 3.05) is 26.2 Å². The summed E-state index contributed by atoms with van der Waals surface area (Å²) >= 11 is 0. The van der Waals surface area contributed by atoms with Gasteiger partial charge in [-0.3, -0.25) is 0 Å². The van der Waals surface area contributed by atoms with E-state index >= 15 is 0 Å². The normalized spacial score (nSPS) is 17.4. The molecule has 3 rings (SSSR count). The van der Waals surface area contributed by atoms with Crippen LogP contribution in [-0.4, -0.2) is 51.6 Å². The number of hydrogen-bond donors (Lipinski definition) is 0. The first kappa shape index (κ1) is 24.5. The summed E-state index contributed by atoms with van der Waals surface area (Å²) in [5.74, 6) is 0. The fourth-order valence-corrected chi connectivity index (χ4v) is 6.05. The number of hydrogen-bond acceptors (Lipinski definition) is 4. The number of nitrogens with zero attached hydrogens (tertiary/aromatic N) is 2. The molecule has 6 nitrogen and oxygen atoms in total. The predicted molar refractivity (Wildman–Crippen MR) is 100 cm³/mol. The molecule has 1 fully saturated rings. The number of piperazine rings is 1. The molecule has 0 radical (unpaired) electrons. The van der Waals surface area contributed by atoms with E-state index in [2.05, 4.69) is 0 Å². The molecule has 0 unspecified atom stereocenters. The lowest BCUT2D eigenvalue weighted by molar-refractivity contribution is -0.138. The average Bonchev–Trinajstić information content (AvgIpc) is 2.73. The number of benzene rings is 2. The summed E-state index contributed by atoms with van der Waals surface area (Å²) in [4.78, 5) is -1.19. The molecule has 0 N–H and O–H groups in total. The van der Waals surface area contributed by atoms with Gasteiger partial charge in [-0.15, -0.1) is 0 Å². The van der Waals surface area contributed by atoms with Crippen molar-refractivity contribution in [3.63, 3.8) is 0 Å². The maximum atomic E-state index is 12.9. The number of rotatable bonds is 4. The Morgan fingerprint density at radius 1 is 0.594 bits per heavy atom. The van der Waals surface area contributed by atoms with Crippen LogP contribution >= 0.6 is 0 Å². The molecule has 1 aliphatic rings. The van der Waals surface area contributed by atoms with E-state index in [0.29, 0.717) is 12.1 Å². The van der Waals surface area contributed by atoms with Crippen LogP contribution in [0, 0.1) is 0 Å². The van der Waals surface area contributed by atoms with Crippen molar-refractivity contribution in [3.8, 4) is 0 Å². The first-order valence-electron chi connectivity index (χ1n) is 8.98. The van der Waals surface area contributed by atoms with Crippen LogP contribution in [0.5, 0.6) is 0 Å². The zero-order chi connectivity index (χ0) is 23.9. The lowest BCUT2D eigenvalue weighted by atomic mass is 10.2. The quantitative estimate of drug-likeness (QED) is 0.601. The standard InChI is InChI=1S/C18H16F6N2O4S2/c19-17(20,21)13-3-1-5-15(11-13)31(27,28)25-7-9-26(10-8-25)32(29,30)16-6-2-4-14(12-16)18(22,23)24/h1-6,11-12H,7-10H2. The maximum absolute atomic E-state index is 12.9. The second-order valence-corrected chi connectivity index (χ2v) is 10.7. The van der Waals surface area contributed by atoms with Crippen LogP contribution in [0.25, 0.3) is 0 Å². The lowest BCUT2D eigenvalue weighted by Gasteiger charge is -2.33. The highest BCUT2D eigenvalue weighted by molar-refractivity contribution is 7.89. The van der Waals surface area contributed by atoms with Gasteiger partial charge in [0, 0.05) is 26.2 Å². The number of sulfonamides is 2. The van der Waals surface area contributed by atoms with Crippen molar-refractivity contribution in [1.29, 1.82) is 0 Å². The van der Waals surface area contributed by atoms with Gasteiger partial charge < -0.3 is 0 Å². The van der Waals surface area contributed by atoms with E-state index in [1.54, 1.807) is 0 Å². The Balaban J connectivity index is 1.79. The molecule has 176 valence electrons. The van der Waals surface area contributed by atoms with Gasteiger partial charge in [0.1, 0.15) is 0 Å². The van der Waals surface area contributed by atoms with Crippen molar-refractivity contribution < 1.29 is 43.2 Å². The van der Waals surface area contributed by atoms with Gasteiger partial charge in [0.05, 0.1) is 20.9 Å². The molecule has 1 saturated heterocycles. The fraction of sp³-hybridized carbons (Fsp3) is 0.333. The summed E-state index contributed by atoms with van der Waals surface area (Å²) in [6.07, 6.45) is -9.49. The first-order valence-corrected chi connectivity index (χ1v) is 11.9. The number of halogens is 6. The smallest absolute Gasteiger partial charge is 0.207 e. The van der Waals surface area contributed by atoms with Crippen molar-refractivity contribution in [2.45, 2.75) is 22.1 Å². The van der Waals surface area contributed by atoms with Gasteiger partial charge in [0.25, 0.3) is 0 Å². The summed E-state index contributed by atoms with van der Waals surface area (Å²) in [6, 6.07) is 6.31. The third-order valence-electron chi connectivity index (χ3n) is 4.80. The molecule has 0 spiro atoms. The van der Waals surface area contributed by atoms with Gasteiger partial charge in [-0.2, -0.15) is 35.0 Å². The monoisotopic (exact) mass is 502 g/mol. The molecular formula is C18H16F6N2O4S2. The molecule has 0 atom stereocenters. The van der Waals surface area contributed by atoms with Crippen molar-refractivity contribution in [1.82, 2.24) is 8.61 Å². The van der Waals surface area contributed by atoms with Crippen LogP contribution in [0.15, 0.2) is 58.3 Å². The summed E-state index contributed by atoms with van der Waals surface area (Å²) in [7, 11) is -8.68. The Morgan fingerprint density at radius 3 is 1.19 bits per heavy atom. The summed E-state index contributed by atoms with van der Waals surface area (Å²) in [5.41, 5.74) is -2.30. The Hall–Kier alpha value is -2.16. The zero-order valence-corrected chi connectivity index (χ0v) is 17.7. The third kappa shape index (κ3) is 4.92. The summed E-state index contributed by atoms with van der Waals surface area (Å²) < 4.78 is 130. The first-order chi connectivity index (χ1) is 14.6. The van der Waals surface area contributed by atoms with Crippen LogP contribution in [0.2, 0.25) is 0 Å². The molecule has 0 aliphatic carbocycles. The largest absolute Gasteiger partial charge is 0.416 e. The van der Waals surface area contributed by atoms with Crippen molar-refractivity contribution >= 4 is 20.0 Å². The molecular weight excluding hydrogens is 486 g/mol. The van der Waals surface area contributed by atoms with Crippen molar-refractivity contribution in [2.24, 2.45) is 0 Å². The van der Waals surface area contributed by atoms with Crippen LogP contribution in [0.1, 0.15) is 11.1 Å². The Kier molecular flexibility index (Phi) is 6.36. The molecule has 0 aromatic heterocycles. The van der Waals surface area contributed by atoms with Crippen LogP contribution < -0.4 is 0 Å². The molecule has 2 aromatic carbocycles. The summed E-state index contributed by atoms with van der Waals surface area (Å²) in [5, 5.41) is 0. The van der Waals surface area contributed by atoms with Gasteiger partial charge in [0.2, 0.25) is 20.0 Å². The van der Waals surface area contributed by atoms with E-state index < -0.39 is 53.3 Å². The van der Waals surface area contributed by atoms with Gasteiger partial charge in [-0.05, 0) is 36.4 Å². The average molecular weight is 502 g/mol. The molecule has 2 aromatic rings. The summed E-state index contributed by atoms with van der Waals surface area (Å²) in [6.45, 7) is -1.51. The van der Waals surface area contributed by atoms with E-state index in [1.165, 1.54) is 0 Å². The van der Waals surface area contributed by atoms with Gasteiger partial charge in [-0.1, -0.05) is 12.1 Å². The minimum atomic E-state index is -4.75. The van der Waals surface area contributed by atoms with Crippen molar-refractivity contribution in [3.05, 3.63) is 59.7 Å². The molecule has 1 heterocycles. The minimum absolute atomic E-state index is 0.378.